The topological polar surface area (TPSA) is 42.4 Å². The minimum Gasteiger partial charge on any atom is -0.376 e. The van der Waals surface area contributed by atoms with E-state index in [1.165, 1.54) is 29.5 Å². The first kappa shape index (κ1) is 17.8. The molecule has 1 fully saturated rings. The van der Waals surface area contributed by atoms with Crippen LogP contribution in [0.1, 0.15) is 23.2 Å². The maximum Gasteiger partial charge on any atom is 0.261 e. The van der Waals surface area contributed by atoms with Crippen LogP contribution in [0, 0.1) is 9.39 Å². The molecule has 1 unspecified atom stereocenters. The van der Waals surface area contributed by atoms with Gasteiger partial charge in [0.05, 0.1) is 28.4 Å². The fourth-order valence-corrected chi connectivity index (χ4v) is 4.70. The van der Waals surface area contributed by atoms with Crippen molar-refractivity contribution in [2.75, 3.05) is 18.1 Å². The molecule has 0 N–H and O–H groups in total. The molecule has 134 valence electrons. The molecular weight excluding hydrogens is 466 g/mol. The van der Waals surface area contributed by atoms with Crippen molar-refractivity contribution >= 4 is 55.2 Å². The highest BCUT2D eigenvalue weighted by Gasteiger charge is 2.28. The van der Waals surface area contributed by atoms with E-state index in [1.54, 1.807) is 4.90 Å². The molecule has 1 aliphatic rings. The average molecular weight is 482 g/mol. The normalized spacial score (nSPS) is 16.9. The SMILES string of the molecule is O=C(c1ccc(F)cc1I)N(CC1CCCO1)c1nc2ccccc2s1. The van der Waals surface area contributed by atoms with Crippen molar-refractivity contribution in [3.63, 3.8) is 0 Å². The lowest BCUT2D eigenvalue weighted by molar-refractivity contribution is 0.0916. The number of amides is 1. The number of halogens is 2. The van der Waals surface area contributed by atoms with E-state index < -0.39 is 0 Å². The summed E-state index contributed by atoms with van der Waals surface area (Å²) < 4.78 is 20.8. The third-order valence-electron chi connectivity index (χ3n) is 4.33. The number of benzene rings is 2. The first-order valence-corrected chi connectivity index (χ1v) is 10.3. The van der Waals surface area contributed by atoms with Crippen LogP contribution in [0.4, 0.5) is 9.52 Å². The number of hydrogen-bond acceptors (Lipinski definition) is 4. The van der Waals surface area contributed by atoms with Gasteiger partial charge in [-0.25, -0.2) is 9.37 Å². The Labute approximate surface area is 168 Å². The maximum absolute atomic E-state index is 13.4. The Bertz CT molecular complexity index is 923. The van der Waals surface area contributed by atoms with Crippen molar-refractivity contribution in [1.29, 1.82) is 0 Å². The van der Waals surface area contributed by atoms with Gasteiger partial charge in [-0.2, -0.15) is 0 Å². The molecule has 1 aliphatic heterocycles. The first-order chi connectivity index (χ1) is 12.6. The molecule has 0 radical (unpaired) electrons. The molecule has 1 atom stereocenters. The second-order valence-electron chi connectivity index (χ2n) is 6.14. The zero-order valence-corrected chi connectivity index (χ0v) is 16.8. The molecule has 0 aliphatic carbocycles. The number of nitrogens with zero attached hydrogens (tertiary/aromatic N) is 2. The van der Waals surface area contributed by atoms with Gasteiger partial charge in [-0.15, -0.1) is 0 Å². The van der Waals surface area contributed by atoms with Crippen LogP contribution in [0.2, 0.25) is 0 Å². The van der Waals surface area contributed by atoms with E-state index in [9.17, 15) is 9.18 Å². The van der Waals surface area contributed by atoms with Crippen molar-refractivity contribution in [1.82, 2.24) is 4.98 Å². The number of ether oxygens (including phenoxy) is 1. The van der Waals surface area contributed by atoms with Gasteiger partial charge in [0.1, 0.15) is 5.82 Å². The predicted molar refractivity (Wildman–Crippen MR) is 109 cm³/mol. The van der Waals surface area contributed by atoms with Gasteiger partial charge in [0.2, 0.25) is 0 Å². The predicted octanol–water partition coefficient (Wildman–Crippen LogP) is 4.87. The van der Waals surface area contributed by atoms with Crippen LogP contribution in [-0.2, 0) is 4.74 Å². The summed E-state index contributed by atoms with van der Waals surface area (Å²) in [5.41, 5.74) is 1.34. The van der Waals surface area contributed by atoms with Crippen LogP contribution in [0.3, 0.4) is 0 Å². The average Bonchev–Trinajstić information content (AvgIpc) is 3.28. The molecule has 1 amide bonds. The lowest BCUT2D eigenvalue weighted by Gasteiger charge is -2.23. The quantitative estimate of drug-likeness (QED) is 0.499. The summed E-state index contributed by atoms with van der Waals surface area (Å²) in [6.45, 7) is 1.17. The molecule has 1 saturated heterocycles. The Morgan fingerprint density at radius 1 is 1.35 bits per heavy atom. The zero-order valence-electron chi connectivity index (χ0n) is 13.8. The van der Waals surface area contributed by atoms with Crippen molar-refractivity contribution in [2.24, 2.45) is 0 Å². The van der Waals surface area contributed by atoms with Crippen molar-refractivity contribution in [3.05, 3.63) is 57.4 Å². The van der Waals surface area contributed by atoms with E-state index in [4.69, 9.17) is 4.74 Å². The summed E-state index contributed by atoms with van der Waals surface area (Å²) in [5.74, 6) is -0.527. The van der Waals surface area contributed by atoms with E-state index in [0.717, 1.165) is 29.7 Å². The van der Waals surface area contributed by atoms with Crippen molar-refractivity contribution in [2.45, 2.75) is 18.9 Å². The number of hydrogen-bond donors (Lipinski definition) is 0. The highest BCUT2D eigenvalue weighted by atomic mass is 127. The summed E-state index contributed by atoms with van der Waals surface area (Å²) in [4.78, 5) is 19.6. The standard InChI is InChI=1S/C19H16FIN2O2S/c20-12-7-8-14(15(21)10-12)18(24)23(11-13-4-3-9-25-13)19-22-16-5-1-2-6-17(16)26-19/h1-2,5-8,10,13H,3-4,9,11H2. The molecule has 0 saturated carbocycles. The van der Waals surface area contributed by atoms with Crippen LogP contribution in [-0.4, -0.2) is 30.1 Å². The van der Waals surface area contributed by atoms with E-state index in [0.29, 0.717) is 20.8 Å². The Morgan fingerprint density at radius 2 is 2.19 bits per heavy atom. The monoisotopic (exact) mass is 482 g/mol. The van der Waals surface area contributed by atoms with Gasteiger partial charge in [0.15, 0.2) is 5.13 Å². The number of rotatable bonds is 4. The lowest BCUT2D eigenvalue weighted by atomic mass is 10.1. The maximum atomic E-state index is 13.4. The molecule has 4 rings (SSSR count). The van der Waals surface area contributed by atoms with Crippen LogP contribution in [0.15, 0.2) is 42.5 Å². The third kappa shape index (κ3) is 3.60. The number of carbonyl (C=O) groups excluding carboxylic acids is 1. The van der Waals surface area contributed by atoms with Crippen LogP contribution in [0.5, 0.6) is 0 Å². The second-order valence-corrected chi connectivity index (χ2v) is 8.31. The Hall–Kier alpha value is -1.58. The third-order valence-corrected chi connectivity index (χ3v) is 6.28. The number of aromatic nitrogens is 1. The highest BCUT2D eigenvalue weighted by molar-refractivity contribution is 14.1. The molecule has 0 bridgehead atoms. The number of para-hydroxylation sites is 1. The van der Waals surface area contributed by atoms with Gasteiger partial charge in [0.25, 0.3) is 5.91 Å². The Balaban J connectivity index is 1.72. The Kier molecular flexibility index (Phi) is 5.19. The first-order valence-electron chi connectivity index (χ1n) is 8.36. The lowest BCUT2D eigenvalue weighted by Crippen LogP contribution is -2.37. The minimum atomic E-state index is -0.350. The fraction of sp³-hybridized carbons (Fsp3) is 0.263. The Morgan fingerprint density at radius 3 is 2.92 bits per heavy atom. The summed E-state index contributed by atoms with van der Waals surface area (Å²) in [7, 11) is 0. The molecular formula is C19H16FIN2O2S. The van der Waals surface area contributed by atoms with Crippen LogP contribution in [0.25, 0.3) is 10.2 Å². The molecule has 4 nitrogen and oxygen atoms in total. The van der Waals surface area contributed by atoms with Gasteiger partial charge < -0.3 is 4.74 Å². The van der Waals surface area contributed by atoms with E-state index in [1.807, 2.05) is 46.9 Å². The van der Waals surface area contributed by atoms with E-state index in [2.05, 4.69) is 4.98 Å². The molecule has 1 aromatic heterocycles. The van der Waals surface area contributed by atoms with Crippen LogP contribution < -0.4 is 4.90 Å². The van der Waals surface area contributed by atoms with Gasteiger partial charge >= 0.3 is 0 Å². The summed E-state index contributed by atoms with van der Waals surface area (Å²) in [5, 5.41) is 0.645. The summed E-state index contributed by atoms with van der Waals surface area (Å²) in [6.07, 6.45) is 1.93. The van der Waals surface area contributed by atoms with E-state index in [-0.39, 0.29) is 17.8 Å². The number of thiazole rings is 1. The zero-order chi connectivity index (χ0) is 18.1. The molecule has 7 heteroatoms. The minimum absolute atomic E-state index is 0.00377. The van der Waals surface area contributed by atoms with Crippen molar-refractivity contribution in [3.8, 4) is 0 Å². The fourth-order valence-electron chi connectivity index (χ4n) is 3.02. The summed E-state index contributed by atoms with van der Waals surface area (Å²) >= 11 is 3.48. The smallest absolute Gasteiger partial charge is 0.261 e. The molecule has 2 heterocycles. The molecule has 2 aromatic carbocycles. The number of fused-ring (bicyclic) bond motifs is 1. The van der Waals surface area contributed by atoms with Gasteiger partial charge in [-0.05, 0) is 65.8 Å². The summed E-state index contributed by atoms with van der Waals surface area (Å²) in [6, 6.07) is 12.0. The molecule has 26 heavy (non-hydrogen) atoms. The second kappa shape index (κ2) is 7.58. The van der Waals surface area contributed by atoms with Gasteiger partial charge in [-0.1, -0.05) is 23.5 Å². The molecule has 3 aromatic rings. The van der Waals surface area contributed by atoms with Gasteiger partial charge in [0, 0.05) is 10.2 Å². The van der Waals surface area contributed by atoms with Gasteiger partial charge in [-0.3, -0.25) is 9.69 Å². The van der Waals surface area contributed by atoms with Crippen LogP contribution >= 0.6 is 33.9 Å². The largest absolute Gasteiger partial charge is 0.376 e. The number of anilines is 1. The van der Waals surface area contributed by atoms with Crippen molar-refractivity contribution < 1.29 is 13.9 Å². The molecule has 0 spiro atoms. The number of carbonyl (C=O) groups is 1. The highest BCUT2D eigenvalue weighted by Crippen LogP contribution is 2.31. The van der Waals surface area contributed by atoms with E-state index >= 15 is 0 Å².